The second kappa shape index (κ2) is 3.71. The molecule has 0 aliphatic rings. The van der Waals surface area contributed by atoms with Gasteiger partial charge in [0, 0.05) is 13.8 Å². The molecule has 0 fully saturated rings. The molecule has 0 saturated carbocycles. The van der Waals surface area contributed by atoms with Crippen LogP contribution in [-0.2, 0) is 0 Å². The summed E-state index contributed by atoms with van der Waals surface area (Å²) in [7, 11) is 0. The first-order chi connectivity index (χ1) is 6.37. The Labute approximate surface area is 85.4 Å². The number of imidazole rings is 1. The van der Waals surface area contributed by atoms with Gasteiger partial charge in [-0.2, -0.15) is 9.13 Å². The van der Waals surface area contributed by atoms with Gasteiger partial charge in [0.25, 0.3) is 0 Å². The number of nitrogens with zero attached hydrogens (tertiary/aromatic N) is 2. The Kier molecular flexibility index (Phi) is 2.98. The molecular formula is C11H20FN2+. The van der Waals surface area contributed by atoms with E-state index in [0.29, 0.717) is 0 Å². The number of halogens is 1. The van der Waals surface area contributed by atoms with Crippen LogP contribution >= 0.6 is 0 Å². The lowest BCUT2D eigenvalue weighted by Gasteiger charge is -2.03. The van der Waals surface area contributed by atoms with Gasteiger partial charge in [0.15, 0.2) is 0 Å². The minimum absolute atomic E-state index is 0.134. The third kappa shape index (κ3) is 1.56. The second-order valence-electron chi connectivity index (χ2n) is 4.37. The molecule has 0 atom stereocenters. The first-order valence-corrected chi connectivity index (χ1v) is 5.16. The molecule has 0 unspecified atom stereocenters. The molecule has 1 heterocycles. The number of rotatable bonds is 2. The summed E-state index contributed by atoms with van der Waals surface area (Å²) in [6.45, 7) is 11.9. The van der Waals surface area contributed by atoms with Crippen LogP contribution in [0.3, 0.4) is 0 Å². The molecule has 0 saturated heterocycles. The Balaban J connectivity index is 3.41. The lowest BCUT2D eigenvalue weighted by atomic mass is 10.3. The van der Waals surface area contributed by atoms with E-state index in [9.17, 15) is 4.39 Å². The first kappa shape index (κ1) is 11.2. The zero-order chi connectivity index (χ0) is 11.0. The zero-order valence-corrected chi connectivity index (χ0v) is 9.93. The van der Waals surface area contributed by atoms with Crippen LogP contribution in [0.1, 0.15) is 51.2 Å². The summed E-state index contributed by atoms with van der Waals surface area (Å²) in [5.74, 6) is 0. The highest BCUT2D eigenvalue weighted by molar-refractivity contribution is 5.04. The predicted molar refractivity (Wildman–Crippen MR) is 54.8 cm³/mol. The van der Waals surface area contributed by atoms with E-state index in [1.165, 1.54) is 0 Å². The Morgan fingerprint density at radius 3 is 1.86 bits per heavy atom. The fraction of sp³-hybridized carbons (Fsp3) is 0.727. The van der Waals surface area contributed by atoms with Gasteiger partial charge in [0.1, 0.15) is 11.4 Å². The van der Waals surface area contributed by atoms with Crippen molar-refractivity contribution in [2.75, 3.05) is 0 Å². The molecule has 14 heavy (non-hydrogen) atoms. The van der Waals surface area contributed by atoms with Crippen molar-refractivity contribution in [1.82, 2.24) is 4.57 Å². The summed E-state index contributed by atoms with van der Waals surface area (Å²) in [6, 6.07) is 0.349. The molecule has 0 aliphatic carbocycles. The van der Waals surface area contributed by atoms with Crippen molar-refractivity contribution >= 4 is 0 Å². The van der Waals surface area contributed by atoms with Crippen LogP contribution in [-0.4, -0.2) is 4.57 Å². The molecule has 1 aromatic rings. The van der Waals surface area contributed by atoms with Gasteiger partial charge >= 0.3 is 6.08 Å². The third-order valence-electron chi connectivity index (χ3n) is 2.68. The van der Waals surface area contributed by atoms with E-state index in [0.717, 1.165) is 11.4 Å². The van der Waals surface area contributed by atoms with Gasteiger partial charge in [-0.3, -0.25) is 0 Å². The van der Waals surface area contributed by atoms with E-state index in [4.69, 9.17) is 0 Å². The molecule has 0 N–H and O–H groups in total. The van der Waals surface area contributed by atoms with Crippen LogP contribution in [0.2, 0.25) is 0 Å². The standard InChI is InChI=1S/C11H20FN2/c1-7(2)13-9(5)10(6)14(8(3)4)11(13)12/h7-8H,1-6H3/q+1. The fourth-order valence-corrected chi connectivity index (χ4v) is 1.94. The van der Waals surface area contributed by atoms with Crippen molar-refractivity contribution in [3.63, 3.8) is 0 Å². The summed E-state index contributed by atoms with van der Waals surface area (Å²) >= 11 is 0. The maximum atomic E-state index is 14.0. The molecule has 0 aliphatic heterocycles. The molecular weight excluding hydrogens is 179 g/mol. The molecule has 2 nitrogen and oxygen atoms in total. The highest BCUT2D eigenvalue weighted by atomic mass is 19.1. The van der Waals surface area contributed by atoms with Gasteiger partial charge < -0.3 is 0 Å². The van der Waals surface area contributed by atoms with Crippen molar-refractivity contribution in [3.05, 3.63) is 17.5 Å². The quantitative estimate of drug-likeness (QED) is 0.648. The maximum Gasteiger partial charge on any atom is 0.446 e. The summed E-state index contributed by atoms with van der Waals surface area (Å²) in [4.78, 5) is 0. The molecule has 0 amide bonds. The monoisotopic (exact) mass is 199 g/mol. The van der Waals surface area contributed by atoms with Crippen LogP contribution in [0.4, 0.5) is 4.39 Å². The number of hydrogen-bond acceptors (Lipinski definition) is 0. The highest BCUT2D eigenvalue weighted by Gasteiger charge is 2.28. The van der Waals surface area contributed by atoms with E-state index in [2.05, 4.69) is 0 Å². The van der Waals surface area contributed by atoms with Gasteiger partial charge in [-0.25, -0.2) is 0 Å². The summed E-state index contributed by atoms with van der Waals surface area (Å²) in [5, 5.41) is 0. The second-order valence-corrected chi connectivity index (χ2v) is 4.37. The lowest BCUT2D eigenvalue weighted by Crippen LogP contribution is -2.41. The van der Waals surface area contributed by atoms with Crippen molar-refractivity contribution in [3.8, 4) is 0 Å². The van der Waals surface area contributed by atoms with Crippen LogP contribution < -0.4 is 4.57 Å². The van der Waals surface area contributed by atoms with Crippen LogP contribution in [0.5, 0.6) is 0 Å². The molecule has 0 bridgehead atoms. The minimum atomic E-state index is -0.134. The lowest BCUT2D eigenvalue weighted by molar-refractivity contribution is -0.747. The smallest absolute Gasteiger partial charge is 0.199 e. The van der Waals surface area contributed by atoms with Gasteiger partial charge in [0.05, 0.1) is 12.1 Å². The van der Waals surface area contributed by atoms with Crippen LogP contribution in [0.15, 0.2) is 0 Å². The normalized spacial score (nSPS) is 11.8. The van der Waals surface area contributed by atoms with Crippen molar-refractivity contribution in [2.45, 2.75) is 53.6 Å². The molecule has 80 valence electrons. The van der Waals surface area contributed by atoms with Crippen molar-refractivity contribution in [2.24, 2.45) is 0 Å². The average molecular weight is 199 g/mol. The average Bonchev–Trinajstić information content (AvgIpc) is 2.23. The topological polar surface area (TPSA) is 8.81 Å². The zero-order valence-electron chi connectivity index (χ0n) is 9.93. The molecule has 0 radical (unpaired) electrons. The van der Waals surface area contributed by atoms with Crippen molar-refractivity contribution < 1.29 is 8.96 Å². The number of hydrogen-bond donors (Lipinski definition) is 0. The number of aromatic nitrogens is 2. The SMILES string of the molecule is Cc1c(C)[n+](C(C)C)c(F)n1C(C)C. The molecule has 3 heteroatoms. The van der Waals surface area contributed by atoms with E-state index >= 15 is 0 Å². The fourth-order valence-electron chi connectivity index (χ4n) is 1.94. The van der Waals surface area contributed by atoms with E-state index in [-0.39, 0.29) is 18.2 Å². The van der Waals surface area contributed by atoms with E-state index < -0.39 is 0 Å². The molecule has 0 aromatic carbocycles. The van der Waals surface area contributed by atoms with Crippen LogP contribution in [0.25, 0.3) is 0 Å². The summed E-state index contributed by atoms with van der Waals surface area (Å²) in [6.07, 6.45) is -0.134. The Morgan fingerprint density at radius 2 is 1.64 bits per heavy atom. The van der Waals surface area contributed by atoms with Gasteiger partial charge in [-0.15, -0.1) is 4.39 Å². The summed E-state index contributed by atoms with van der Waals surface area (Å²) in [5.41, 5.74) is 2.04. The summed E-state index contributed by atoms with van der Waals surface area (Å²) < 4.78 is 17.5. The van der Waals surface area contributed by atoms with Gasteiger partial charge in [0.2, 0.25) is 0 Å². The van der Waals surface area contributed by atoms with Crippen molar-refractivity contribution in [1.29, 1.82) is 0 Å². The Bertz CT molecular complexity index is 306. The largest absolute Gasteiger partial charge is 0.446 e. The molecule has 1 rings (SSSR count). The van der Waals surface area contributed by atoms with Gasteiger partial charge in [-0.1, -0.05) is 0 Å². The third-order valence-corrected chi connectivity index (χ3v) is 2.68. The Hall–Kier alpha value is -0.860. The Morgan fingerprint density at radius 1 is 1.14 bits per heavy atom. The highest BCUT2D eigenvalue weighted by Crippen LogP contribution is 2.15. The van der Waals surface area contributed by atoms with Crippen LogP contribution in [0, 0.1) is 19.9 Å². The molecule has 0 spiro atoms. The first-order valence-electron chi connectivity index (χ1n) is 5.16. The minimum Gasteiger partial charge on any atom is -0.199 e. The van der Waals surface area contributed by atoms with Gasteiger partial charge in [-0.05, 0) is 27.7 Å². The maximum absolute atomic E-state index is 14.0. The van der Waals surface area contributed by atoms with E-state index in [1.54, 1.807) is 9.13 Å². The van der Waals surface area contributed by atoms with E-state index in [1.807, 2.05) is 41.5 Å². The molecule has 1 aromatic heterocycles. The predicted octanol–water partition coefficient (Wildman–Crippen LogP) is 2.69.